The van der Waals surface area contributed by atoms with Gasteiger partial charge in [0.05, 0.1) is 9.90 Å². The number of benzene rings is 1. The molecule has 0 aliphatic carbocycles. The number of halogens is 2. The Morgan fingerprint density at radius 1 is 1.17 bits per heavy atom. The first-order chi connectivity index (χ1) is 8.49. The van der Waals surface area contributed by atoms with Gasteiger partial charge >= 0.3 is 0 Å². The lowest BCUT2D eigenvalue weighted by atomic mass is 9.99. The van der Waals surface area contributed by atoms with Crippen LogP contribution in [0.4, 0.5) is 0 Å². The lowest BCUT2D eigenvalue weighted by molar-refractivity contribution is 0.103. The number of rotatable bonds is 3. The fourth-order valence-corrected chi connectivity index (χ4v) is 3.13. The van der Waals surface area contributed by atoms with Crippen molar-refractivity contribution in [2.45, 2.75) is 19.8 Å². The number of hydrogen-bond acceptors (Lipinski definition) is 2. The third-order valence-electron chi connectivity index (χ3n) is 2.74. The van der Waals surface area contributed by atoms with Crippen molar-refractivity contribution >= 4 is 40.3 Å². The summed E-state index contributed by atoms with van der Waals surface area (Å²) < 4.78 is 0.972. The maximum absolute atomic E-state index is 12.2. The molecule has 0 atom stereocenters. The van der Waals surface area contributed by atoms with E-state index in [-0.39, 0.29) is 5.78 Å². The molecule has 1 aromatic carbocycles. The minimum absolute atomic E-state index is 0.0848. The minimum atomic E-state index is -0.0848. The molecular formula is C14H12Cl2OS. The molecule has 4 heteroatoms. The molecule has 2 aromatic rings. The van der Waals surface area contributed by atoms with Gasteiger partial charge in [0, 0.05) is 5.56 Å². The number of thiophene rings is 1. The highest BCUT2D eigenvalue weighted by Crippen LogP contribution is 2.32. The third kappa shape index (κ3) is 2.77. The zero-order chi connectivity index (χ0) is 13.3. The molecule has 1 nitrogen and oxygen atoms in total. The molecule has 0 aliphatic rings. The van der Waals surface area contributed by atoms with Crippen LogP contribution in [0.5, 0.6) is 0 Å². The first kappa shape index (κ1) is 13.6. The molecule has 0 saturated carbocycles. The molecule has 1 heterocycles. The topological polar surface area (TPSA) is 17.1 Å². The van der Waals surface area contributed by atoms with Crippen molar-refractivity contribution in [2.24, 2.45) is 0 Å². The molecule has 0 bridgehead atoms. The van der Waals surface area contributed by atoms with Gasteiger partial charge in [0.1, 0.15) is 4.34 Å². The summed E-state index contributed by atoms with van der Waals surface area (Å²) in [6.45, 7) is 4.23. The SMILES string of the molecule is CC(C)c1ccc(C(=O)c2cc(Cl)sc2Cl)cc1. The van der Waals surface area contributed by atoms with Gasteiger partial charge < -0.3 is 0 Å². The van der Waals surface area contributed by atoms with Crippen LogP contribution in [0.1, 0.15) is 41.3 Å². The lowest BCUT2D eigenvalue weighted by Crippen LogP contribution is -2.00. The quantitative estimate of drug-likeness (QED) is 0.693. The highest BCUT2D eigenvalue weighted by atomic mass is 35.5. The van der Waals surface area contributed by atoms with Gasteiger partial charge in [-0.05, 0) is 17.5 Å². The Morgan fingerprint density at radius 2 is 1.78 bits per heavy atom. The number of ketones is 1. The van der Waals surface area contributed by atoms with Gasteiger partial charge in [0.25, 0.3) is 0 Å². The Balaban J connectivity index is 2.32. The number of hydrogen-bond donors (Lipinski definition) is 0. The second-order valence-electron chi connectivity index (χ2n) is 4.34. The van der Waals surface area contributed by atoms with E-state index in [1.165, 1.54) is 16.9 Å². The van der Waals surface area contributed by atoms with E-state index in [1.807, 2.05) is 24.3 Å². The van der Waals surface area contributed by atoms with Crippen LogP contribution in [0.3, 0.4) is 0 Å². The summed E-state index contributed by atoms with van der Waals surface area (Å²) in [4.78, 5) is 12.2. The van der Waals surface area contributed by atoms with Crippen LogP contribution >= 0.6 is 34.5 Å². The molecule has 0 N–H and O–H groups in total. The number of carbonyl (C=O) groups excluding carboxylic acids is 1. The Kier molecular flexibility index (Phi) is 4.10. The molecule has 18 heavy (non-hydrogen) atoms. The van der Waals surface area contributed by atoms with Gasteiger partial charge in [-0.15, -0.1) is 11.3 Å². The van der Waals surface area contributed by atoms with Crippen molar-refractivity contribution in [3.8, 4) is 0 Å². The predicted molar refractivity (Wildman–Crippen MR) is 78.3 cm³/mol. The first-order valence-electron chi connectivity index (χ1n) is 5.58. The first-order valence-corrected chi connectivity index (χ1v) is 7.15. The third-order valence-corrected chi connectivity index (χ3v) is 4.23. The maximum atomic E-state index is 12.2. The van der Waals surface area contributed by atoms with Crippen LogP contribution in [0, 0.1) is 0 Å². The van der Waals surface area contributed by atoms with Gasteiger partial charge in [-0.2, -0.15) is 0 Å². The lowest BCUT2D eigenvalue weighted by Gasteiger charge is -2.06. The second kappa shape index (κ2) is 5.43. The highest BCUT2D eigenvalue weighted by Gasteiger charge is 2.16. The van der Waals surface area contributed by atoms with Crippen LogP contribution in [-0.2, 0) is 0 Å². The Morgan fingerprint density at radius 3 is 2.22 bits per heavy atom. The van der Waals surface area contributed by atoms with Crippen LogP contribution in [0.25, 0.3) is 0 Å². The Hall–Kier alpha value is -0.830. The van der Waals surface area contributed by atoms with Crippen molar-refractivity contribution in [1.29, 1.82) is 0 Å². The van der Waals surface area contributed by atoms with E-state index in [2.05, 4.69) is 13.8 Å². The van der Waals surface area contributed by atoms with Crippen LogP contribution in [0.2, 0.25) is 8.67 Å². The zero-order valence-electron chi connectivity index (χ0n) is 10.0. The van der Waals surface area contributed by atoms with Gasteiger partial charge in [-0.3, -0.25) is 4.79 Å². The molecule has 2 rings (SSSR count). The summed E-state index contributed by atoms with van der Waals surface area (Å²) in [5.41, 5.74) is 2.32. The largest absolute Gasteiger partial charge is 0.289 e. The van der Waals surface area contributed by atoms with Crippen molar-refractivity contribution in [1.82, 2.24) is 0 Å². The van der Waals surface area contributed by atoms with E-state index in [9.17, 15) is 4.79 Å². The molecule has 0 saturated heterocycles. The second-order valence-corrected chi connectivity index (χ2v) is 6.63. The van der Waals surface area contributed by atoms with E-state index >= 15 is 0 Å². The van der Waals surface area contributed by atoms with Crippen molar-refractivity contribution < 1.29 is 4.79 Å². The fourth-order valence-electron chi connectivity index (χ4n) is 1.67. The average Bonchev–Trinajstić information content (AvgIpc) is 2.67. The molecule has 0 spiro atoms. The highest BCUT2D eigenvalue weighted by molar-refractivity contribution is 7.20. The molecule has 0 aliphatic heterocycles. The van der Waals surface area contributed by atoms with Crippen molar-refractivity contribution in [3.63, 3.8) is 0 Å². The molecule has 94 valence electrons. The molecule has 0 fully saturated rings. The summed E-state index contributed by atoms with van der Waals surface area (Å²) in [6, 6.07) is 9.23. The Bertz CT molecular complexity index is 570. The molecule has 1 aromatic heterocycles. The number of carbonyl (C=O) groups is 1. The van der Waals surface area contributed by atoms with E-state index in [1.54, 1.807) is 6.07 Å². The average molecular weight is 299 g/mol. The Labute approximate surface area is 120 Å². The van der Waals surface area contributed by atoms with Crippen LogP contribution < -0.4 is 0 Å². The summed E-state index contributed by atoms with van der Waals surface area (Å²) in [7, 11) is 0. The fraction of sp³-hybridized carbons (Fsp3) is 0.214. The van der Waals surface area contributed by atoms with Gasteiger partial charge in [-0.25, -0.2) is 0 Å². The van der Waals surface area contributed by atoms with Crippen LogP contribution in [-0.4, -0.2) is 5.78 Å². The van der Waals surface area contributed by atoms with E-state index in [0.29, 0.717) is 25.7 Å². The summed E-state index contributed by atoms with van der Waals surface area (Å²) in [5, 5.41) is 0. The van der Waals surface area contributed by atoms with E-state index in [0.717, 1.165) is 0 Å². The molecule has 0 unspecified atom stereocenters. The minimum Gasteiger partial charge on any atom is -0.289 e. The predicted octanol–water partition coefficient (Wildman–Crippen LogP) is 5.41. The smallest absolute Gasteiger partial charge is 0.195 e. The van der Waals surface area contributed by atoms with Gasteiger partial charge in [0.15, 0.2) is 5.78 Å². The normalized spacial score (nSPS) is 10.9. The zero-order valence-corrected chi connectivity index (χ0v) is 12.4. The monoisotopic (exact) mass is 298 g/mol. The van der Waals surface area contributed by atoms with E-state index in [4.69, 9.17) is 23.2 Å². The molecule has 0 amide bonds. The van der Waals surface area contributed by atoms with Gasteiger partial charge in [-0.1, -0.05) is 61.3 Å². The van der Waals surface area contributed by atoms with Crippen molar-refractivity contribution in [3.05, 3.63) is 55.7 Å². The van der Waals surface area contributed by atoms with Crippen LogP contribution in [0.15, 0.2) is 30.3 Å². The summed E-state index contributed by atoms with van der Waals surface area (Å²) in [6.07, 6.45) is 0. The van der Waals surface area contributed by atoms with Crippen molar-refractivity contribution in [2.75, 3.05) is 0 Å². The summed E-state index contributed by atoms with van der Waals surface area (Å²) in [5.74, 6) is 0.367. The molecule has 0 radical (unpaired) electrons. The van der Waals surface area contributed by atoms with E-state index < -0.39 is 0 Å². The van der Waals surface area contributed by atoms with Gasteiger partial charge in [0.2, 0.25) is 0 Å². The summed E-state index contributed by atoms with van der Waals surface area (Å²) >= 11 is 13.0. The maximum Gasteiger partial charge on any atom is 0.195 e. The standard InChI is InChI=1S/C14H12Cl2OS/c1-8(2)9-3-5-10(6-4-9)13(17)11-7-12(15)18-14(11)16/h3-8H,1-2H3. The molecular weight excluding hydrogens is 287 g/mol.